The van der Waals surface area contributed by atoms with Crippen LogP contribution in [0.3, 0.4) is 0 Å². The van der Waals surface area contributed by atoms with Gasteiger partial charge in [-0.1, -0.05) is 12.6 Å². The number of hydrogen-bond donors (Lipinski definition) is 3. The molecule has 0 saturated carbocycles. The minimum Gasteiger partial charge on any atom is -0.508 e. The molecule has 0 bridgehead atoms. The number of phenols is 1. The van der Waals surface area contributed by atoms with Gasteiger partial charge in [0.05, 0.1) is 0 Å². The van der Waals surface area contributed by atoms with E-state index in [0.717, 1.165) is 6.08 Å². The second-order valence-corrected chi connectivity index (χ2v) is 3.44. The summed E-state index contributed by atoms with van der Waals surface area (Å²) in [6, 6.07) is 4.19. The van der Waals surface area contributed by atoms with Gasteiger partial charge in [-0.3, -0.25) is 0 Å². The number of urea groups is 1. The number of carbonyl (C=O) groups is 2. The van der Waals surface area contributed by atoms with Crippen LogP contribution in [-0.2, 0) is 9.53 Å². The van der Waals surface area contributed by atoms with Gasteiger partial charge in [-0.25, -0.2) is 9.59 Å². The molecule has 1 aromatic carbocycles. The first kappa shape index (κ1) is 13.6. The summed E-state index contributed by atoms with van der Waals surface area (Å²) >= 11 is 0. The normalized spacial score (nSPS) is 9.39. The van der Waals surface area contributed by atoms with Crippen molar-refractivity contribution in [2.75, 3.05) is 12.0 Å². The van der Waals surface area contributed by atoms with E-state index in [9.17, 15) is 14.7 Å². The summed E-state index contributed by atoms with van der Waals surface area (Å²) in [4.78, 5) is 22.0. The molecule has 3 N–H and O–H groups in total. The summed E-state index contributed by atoms with van der Waals surface area (Å²) < 4.78 is 4.56. The van der Waals surface area contributed by atoms with Crippen molar-refractivity contribution in [3.05, 3.63) is 36.4 Å². The lowest BCUT2D eigenvalue weighted by Gasteiger charge is -2.08. The number of aryl methyl sites for hydroxylation is 1. The molecule has 6 heteroatoms. The third-order valence-electron chi connectivity index (χ3n) is 2.08. The average Bonchev–Trinajstić information content (AvgIpc) is 2.33. The Balaban J connectivity index is 2.42. The molecule has 0 unspecified atom stereocenters. The fraction of sp³-hybridized carbons (Fsp3) is 0.167. The van der Waals surface area contributed by atoms with Crippen LogP contribution in [0.25, 0.3) is 0 Å². The maximum absolute atomic E-state index is 11.4. The highest BCUT2D eigenvalue weighted by atomic mass is 16.5. The Morgan fingerprint density at radius 1 is 1.50 bits per heavy atom. The van der Waals surface area contributed by atoms with Crippen molar-refractivity contribution in [2.45, 2.75) is 6.92 Å². The topological polar surface area (TPSA) is 87.7 Å². The highest BCUT2D eigenvalue weighted by Gasteiger charge is 2.04. The first-order chi connectivity index (χ1) is 8.52. The zero-order valence-corrected chi connectivity index (χ0v) is 9.90. The van der Waals surface area contributed by atoms with E-state index in [2.05, 4.69) is 21.9 Å². The van der Waals surface area contributed by atoms with E-state index in [-0.39, 0.29) is 12.5 Å². The van der Waals surface area contributed by atoms with E-state index in [1.54, 1.807) is 19.1 Å². The summed E-state index contributed by atoms with van der Waals surface area (Å²) in [6.45, 7) is 4.70. The fourth-order valence-electron chi connectivity index (χ4n) is 1.09. The van der Waals surface area contributed by atoms with Crippen LogP contribution in [-0.4, -0.2) is 23.8 Å². The first-order valence-corrected chi connectivity index (χ1v) is 5.16. The summed E-state index contributed by atoms with van der Waals surface area (Å²) in [7, 11) is 0. The zero-order chi connectivity index (χ0) is 13.5. The monoisotopic (exact) mass is 250 g/mol. The fourth-order valence-corrected chi connectivity index (χ4v) is 1.09. The molecule has 0 atom stereocenters. The standard InChI is InChI=1S/C12H14N2O4/c1-3-11(16)18-7-13-12(17)14-9-5-4-8(2)10(15)6-9/h3-6,15H,1,7H2,2H3,(H2,13,14,17). The third-order valence-corrected chi connectivity index (χ3v) is 2.08. The highest BCUT2D eigenvalue weighted by molar-refractivity contribution is 5.89. The smallest absolute Gasteiger partial charge is 0.331 e. The molecule has 0 heterocycles. The molecule has 0 fully saturated rings. The van der Waals surface area contributed by atoms with Crippen molar-refractivity contribution in [3.63, 3.8) is 0 Å². The molecular formula is C12H14N2O4. The predicted molar refractivity (Wildman–Crippen MR) is 66.2 cm³/mol. The number of aromatic hydroxyl groups is 1. The summed E-state index contributed by atoms with van der Waals surface area (Å²) in [5, 5.41) is 14.2. The summed E-state index contributed by atoms with van der Waals surface area (Å²) in [6.07, 6.45) is 0.998. The summed E-state index contributed by atoms with van der Waals surface area (Å²) in [5.74, 6) is -0.533. The molecule has 0 spiro atoms. The largest absolute Gasteiger partial charge is 0.508 e. The van der Waals surface area contributed by atoms with Crippen LogP contribution in [0.5, 0.6) is 5.75 Å². The molecule has 0 saturated heterocycles. The molecule has 0 radical (unpaired) electrons. The third kappa shape index (κ3) is 4.17. The molecule has 0 aliphatic carbocycles. The lowest BCUT2D eigenvalue weighted by atomic mass is 10.2. The van der Waals surface area contributed by atoms with E-state index in [1.165, 1.54) is 6.07 Å². The van der Waals surface area contributed by atoms with Gasteiger partial charge in [-0.2, -0.15) is 0 Å². The second-order valence-electron chi connectivity index (χ2n) is 3.44. The van der Waals surface area contributed by atoms with Gasteiger partial charge in [0.1, 0.15) is 5.75 Å². The van der Waals surface area contributed by atoms with Crippen LogP contribution >= 0.6 is 0 Å². The van der Waals surface area contributed by atoms with Crippen molar-refractivity contribution in [3.8, 4) is 5.75 Å². The Bertz CT molecular complexity index is 471. The Kier molecular flexibility index (Phi) is 4.74. The summed E-state index contributed by atoms with van der Waals surface area (Å²) in [5.41, 5.74) is 1.14. The Morgan fingerprint density at radius 3 is 2.83 bits per heavy atom. The van der Waals surface area contributed by atoms with Gasteiger partial charge in [0.15, 0.2) is 6.73 Å². The molecular weight excluding hydrogens is 236 g/mol. The van der Waals surface area contributed by atoms with E-state index >= 15 is 0 Å². The maximum Gasteiger partial charge on any atom is 0.331 e. The molecule has 18 heavy (non-hydrogen) atoms. The quantitative estimate of drug-likeness (QED) is 0.429. The number of amides is 2. The first-order valence-electron chi connectivity index (χ1n) is 5.16. The van der Waals surface area contributed by atoms with E-state index in [0.29, 0.717) is 11.3 Å². The van der Waals surface area contributed by atoms with Gasteiger partial charge in [0.2, 0.25) is 0 Å². The van der Waals surface area contributed by atoms with Gasteiger partial charge in [0, 0.05) is 17.8 Å². The van der Waals surface area contributed by atoms with Gasteiger partial charge < -0.3 is 20.5 Å². The lowest BCUT2D eigenvalue weighted by molar-refractivity contribution is -0.138. The Morgan fingerprint density at radius 2 is 2.22 bits per heavy atom. The van der Waals surface area contributed by atoms with Gasteiger partial charge >= 0.3 is 12.0 Å². The van der Waals surface area contributed by atoms with Crippen LogP contribution in [0.2, 0.25) is 0 Å². The Labute approximate surface area is 104 Å². The lowest BCUT2D eigenvalue weighted by Crippen LogP contribution is -2.31. The number of esters is 1. The van der Waals surface area contributed by atoms with Gasteiger partial charge in [-0.05, 0) is 18.6 Å². The molecule has 96 valence electrons. The molecule has 0 aromatic heterocycles. The van der Waals surface area contributed by atoms with Crippen LogP contribution in [0.15, 0.2) is 30.9 Å². The average molecular weight is 250 g/mol. The molecule has 6 nitrogen and oxygen atoms in total. The van der Waals surface area contributed by atoms with Crippen molar-refractivity contribution < 1.29 is 19.4 Å². The number of phenolic OH excluding ortho intramolecular Hbond substituents is 1. The van der Waals surface area contributed by atoms with Crippen molar-refractivity contribution in [1.29, 1.82) is 0 Å². The molecule has 0 aliphatic rings. The molecule has 1 rings (SSSR count). The zero-order valence-electron chi connectivity index (χ0n) is 9.90. The molecule has 0 aliphatic heterocycles. The predicted octanol–water partition coefficient (Wildman–Crippen LogP) is 1.51. The minimum absolute atomic E-state index is 0.0888. The second kappa shape index (κ2) is 6.29. The van der Waals surface area contributed by atoms with Gasteiger partial charge in [-0.15, -0.1) is 0 Å². The van der Waals surface area contributed by atoms with Crippen LogP contribution in [0.1, 0.15) is 5.56 Å². The minimum atomic E-state index is -0.622. The van der Waals surface area contributed by atoms with Crippen molar-refractivity contribution in [2.24, 2.45) is 0 Å². The van der Waals surface area contributed by atoms with Crippen LogP contribution < -0.4 is 10.6 Å². The van der Waals surface area contributed by atoms with Crippen LogP contribution in [0, 0.1) is 6.92 Å². The van der Waals surface area contributed by atoms with Crippen LogP contribution in [0.4, 0.5) is 10.5 Å². The van der Waals surface area contributed by atoms with E-state index in [4.69, 9.17) is 0 Å². The number of carbonyl (C=O) groups excluding carboxylic acids is 2. The molecule has 2 amide bonds. The number of anilines is 1. The van der Waals surface area contributed by atoms with Gasteiger partial charge in [0.25, 0.3) is 0 Å². The number of nitrogens with one attached hydrogen (secondary N) is 2. The number of rotatable bonds is 4. The van der Waals surface area contributed by atoms with E-state index in [1.807, 2.05) is 0 Å². The van der Waals surface area contributed by atoms with Crippen molar-refractivity contribution in [1.82, 2.24) is 5.32 Å². The highest BCUT2D eigenvalue weighted by Crippen LogP contribution is 2.20. The van der Waals surface area contributed by atoms with Crippen molar-refractivity contribution >= 4 is 17.7 Å². The number of benzene rings is 1. The SMILES string of the molecule is C=CC(=O)OCNC(=O)Nc1ccc(C)c(O)c1. The number of ether oxygens (including phenoxy) is 1. The number of hydrogen-bond acceptors (Lipinski definition) is 4. The molecule has 1 aromatic rings. The maximum atomic E-state index is 11.4. The van der Waals surface area contributed by atoms with E-state index < -0.39 is 12.0 Å². The Hall–Kier alpha value is -2.50.